The monoisotopic (exact) mass is 848 g/mol. The zero-order valence-corrected chi connectivity index (χ0v) is 34.8. The topological polar surface area (TPSA) is 137 Å². The fraction of sp³-hybridized carbons (Fsp3) is 0.273. The highest BCUT2D eigenvalue weighted by atomic mass is 35.5. The number of hydrogen-bond donors (Lipinski definition) is 2. The van der Waals surface area contributed by atoms with Gasteiger partial charge in [-0.1, -0.05) is 66.2 Å². The van der Waals surface area contributed by atoms with E-state index in [0.29, 0.717) is 21.7 Å². The van der Waals surface area contributed by atoms with Gasteiger partial charge in [0.25, 0.3) is 15.7 Å². The summed E-state index contributed by atoms with van der Waals surface area (Å²) in [4.78, 5) is 28.6. The van der Waals surface area contributed by atoms with E-state index < -0.39 is 14.9 Å². The van der Waals surface area contributed by atoms with E-state index in [1.165, 1.54) is 36.0 Å². The van der Waals surface area contributed by atoms with Crippen LogP contribution in [0.15, 0.2) is 131 Å². The zero-order valence-electron chi connectivity index (χ0n) is 32.4. The summed E-state index contributed by atoms with van der Waals surface area (Å²) in [5.41, 5.74) is 5.13. The van der Waals surface area contributed by atoms with Crippen molar-refractivity contribution in [2.45, 2.75) is 35.2 Å². The zero-order chi connectivity index (χ0) is 40.8. The molecule has 304 valence electrons. The van der Waals surface area contributed by atoms with Crippen LogP contribution in [0.2, 0.25) is 5.02 Å². The maximum atomic E-state index is 13.8. The molecule has 2 saturated heterocycles. The molecule has 0 saturated carbocycles. The quantitative estimate of drug-likeness (QED) is 0.0550. The maximum absolute atomic E-state index is 13.8. The van der Waals surface area contributed by atoms with Crippen LogP contribution in [0.5, 0.6) is 0 Å². The maximum Gasteiger partial charge on any atom is 0.293 e. The van der Waals surface area contributed by atoms with E-state index in [-0.39, 0.29) is 28.1 Å². The Hall–Kier alpha value is -5.25. The highest BCUT2D eigenvalue weighted by Gasteiger charge is 2.26. The number of piperazine rings is 1. The van der Waals surface area contributed by atoms with Gasteiger partial charge in [0.15, 0.2) is 5.82 Å². The average Bonchev–Trinajstić information content (AvgIpc) is 3.23. The van der Waals surface area contributed by atoms with Crippen molar-refractivity contribution >= 4 is 67.2 Å². The number of anilines is 3. The largest absolute Gasteiger partial charge is 0.376 e. The predicted octanol–water partition coefficient (Wildman–Crippen LogP) is 8.65. The van der Waals surface area contributed by atoms with Crippen molar-refractivity contribution in [1.82, 2.24) is 19.8 Å². The number of likely N-dealkylation sites (tertiary alicyclic amines) is 1. The number of nitro groups is 1. The van der Waals surface area contributed by atoms with Crippen molar-refractivity contribution in [3.05, 3.63) is 142 Å². The summed E-state index contributed by atoms with van der Waals surface area (Å²) in [5, 5.41) is 17.0. The molecule has 6 aromatic rings. The van der Waals surface area contributed by atoms with Gasteiger partial charge >= 0.3 is 0 Å². The molecule has 5 aromatic carbocycles. The smallest absolute Gasteiger partial charge is 0.293 e. The van der Waals surface area contributed by atoms with Crippen LogP contribution in [-0.4, -0.2) is 90.7 Å². The van der Waals surface area contributed by atoms with Gasteiger partial charge in [0.2, 0.25) is 0 Å². The first-order valence-electron chi connectivity index (χ1n) is 19.7. The van der Waals surface area contributed by atoms with Crippen LogP contribution in [0, 0.1) is 10.1 Å². The number of nitrogens with zero attached hydrogens (tertiary/aromatic N) is 6. The van der Waals surface area contributed by atoms with E-state index in [2.05, 4.69) is 71.1 Å². The molecule has 8 rings (SSSR count). The number of nitrogens with one attached hydrogen (secondary N) is 2. The lowest BCUT2D eigenvalue weighted by atomic mass is 9.99. The van der Waals surface area contributed by atoms with Crippen LogP contribution in [0.1, 0.15) is 18.4 Å². The van der Waals surface area contributed by atoms with E-state index in [9.17, 15) is 18.5 Å². The van der Waals surface area contributed by atoms with Crippen LogP contribution in [0.4, 0.5) is 22.9 Å². The minimum atomic E-state index is -4.26. The number of hydrogen-bond acceptors (Lipinski definition) is 11. The average molecular weight is 849 g/mol. The summed E-state index contributed by atoms with van der Waals surface area (Å²) in [7, 11) is -4.26. The normalized spacial score (nSPS) is 15.4. The van der Waals surface area contributed by atoms with Crippen molar-refractivity contribution in [1.29, 1.82) is 0 Å². The minimum Gasteiger partial charge on any atom is -0.376 e. The molecule has 0 radical (unpaired) electrons. The Balaban J connectivity index is 0.933. The number of rotatable bonds is 16. The van der Waals surface area contributed by atoms with Crippen LogP contribution in [0.25, 0.3) is 22.0 Å². The highest BCUT2D eigenvalue weighted by molar-refractivity contribution is 7.99. The van der Waals surface area contributed by atoms with E-state index in [0.717, 1.165) is 81.0 Å². The van der Waals surface area contributed by atoms with Crippen molar-refractivity contribution in [2.75, 3.05) is 66.5 Å². The number of nitro benzene ring substituents is 1. The summed E-state index contributed by atoms with van der Waals surface area (Å²) in [6.45, 7) is 7.19. The van der Waals surface area contributed by atoms with Gasteiger partial charge in [0, 0.05) is 78.1 Å². The molecular formula is C44H45ClN8O4S2. The van der Waals surface area contributed by atoms with E-state index >= 15 is 0 Å². The van der Waals surface area contributed by atoms with Gasteiger partial charge in [-0.2, -0.15) is 0 Å². The molecule has 0 aliphatic carbocycles. The Bertz CT molecular complexity index is 2520. The fourth-order valence-electron chi connectivity index (χ4n) is 7.51. The first-order valence-corrected chi connectivity index (χ1v) is 22.6. The summed E-state index contributed by atoms with van der Waals surface area (Å²) in [5.74, 6) is 0.787. The second-order valence-corrected chi connectivity index (χ2v) is 18.1. The molecule has 15 heteroatoms. The van der Waals surface area contributed by atoms with Crippen LogP contribution < -0.4 is 14.9 Å². The lowest BCUT2D eigenvalue weighted by Gasteiger charge is -2.36. The molecule has 2 N–H and O–H groups in total. The third kappa shape index (κ3) is 9.97. The Kier molecular flexibility index (Phi) is 12.6. The van der Waals surface area contributed by atoms with E-state index in [1.54, 1.807) is 11.8 Å². The van der Waals surface area contributed by atoms with Gasteiger partial charge in [-0.25, -0.2) is 18.4 Å². The Labute approximate surface area is 353 Å². The molecule has 3 heterocycles. The van der Waals surface area contributed by atoms with Gasteiger partial charge in [-0.05, 0) is 97.2 Å². The number of sulfonamides is 1. The van der Waals surface area contributed by atoms with Crippen molar-refractivity contribution in [3.63, 3.8) is 0 Å². The van der Waals surface area contributed by atoms with E-state index in [4.69, 9.17) is 11.6 Å². The molecule has 2 aliphatic heterocycles. The lowest BCUT2D eigenvalue weighted by Crippen LogP contribution is -2.46. The predicted molar refractivity (Wildman–Crippen MR) is 238 cm³/mol. The van der Waals surface area contributed by atoms with Crippen LogP contribution >= 0.6 is 23.4 Å². The molecule has 0 amide bonds. The second-order valence-electron chi connectivity index (χ2n) is 14.8. The number of halogens is 1. The summed E-state index contributed by atoms with van der Waals surface area (Å²) in [6, 6.07) is 36.1. The van der Waals surface area contributed by atoms with Crippen LogP contribution in [-0.2, 0) is 16.6 Å². The fourth-order valence-corrected chi connectivity index (χ4v) is 9.68. The van der Waals surface area contributed by atoms with Crippen LogP contribution in [0.3, 0.4) is 0 Å². The number of benzene rings is 5. The first kappa shape index (κ1) is 40.5. The molecule has 0 bridgehead atoms. The Morgan fingerprint density at radius 3 is 2.34 bits per heavy atom. The molecule has 1 aromatic heterocycles. The third-order valence-electron chi connectivity index (χ3n) is 10.9. The molecule has 0 spiro atoms. The van der Waals surface area contributed by atoms with Gasteiger partial charge in [0.1, 0.15) is 12.0 Å². The van der Waals surface area contributed by atoms with Gasteiger partial charge < -0.3 is 15.1 Å². The number of fused-ring (bicyclic) bond motifs is 1. The molecule has 12 nitrogen and oxygen atoms in total. The van der Waals surface area contributed by atoms with Gasteiger partial charge in [0.05, 0.1) is 15.3 Å². The van der Waals surface area contributed by atoms with E-state index in [1.807, 2.05) is 60.7 Å². The van der Waals surface area contributed by atoms with Gasteiger partial charge in [-0.3, -0.25) is 19.7 Å². The Morgan fingerprint density at radius 2 is 1.59 bits per heavy atom. The molecular weight excluding hydrogens is 804 g/mol. The summed E-state index contributed by atoms with van der Waals surface area (Å²) >= 11 is 7.83. The minimum absolute atomic E-state index is 0.0792. The number of aromatic nitrogens is 2. The summed E-state index contributed by atoms with van der Waals surface area (Å²) < 4.78 is 30.1. The molecule has 1 atom stereocenters. The van der Waals surface area contributed by atoms with Crippen molar-refractivity contribution < 1.29 is 13.3 Å². The Morgan fingerprint density at radius 1 is 0.831 bits per heavy atom. The third-order valence-corrected chi connectivity index (χ3v) is 13.7. The summed E-state index contributed by atoms with van der Waals surface area (Å²) in [6.07, 6.45) is 3.29. The standard InChI is InChI=1S/C44H45ClN8O4S2/c45-34-13-11-32(12-14-34)39-10-5-4-7-33(39)29-51-23-25-52(26-24-51)36-15-17-40-42(27-36)46-31-47-44(40)49-59(56,57)38-16-18-41(43(28-38)53(54)55)48-35(19-22-50-20-6-21-50)30-58-37-8-2-1-3-9-37/h1-5,7-18,27-28,31,35,48H,6,19-26,29-30H2,(H,46,47,49)/t35-/m1/s1. The van der Waals surface area contributed by atoms with Crippen molar-refractivity contribution in [2.24, 2.45) is 0 Å². The highest BCUT2D eigenvalue weighted by Crippen LogP contribution is 2.33. The molecule has 2 fully saturated rings. The van der Waals surface area contributed by atoms with Gasteiger partial charge in [-0.15, -0.1) is 11.8 Å². The molecule has 0 unspecified atom stereocenters. The first-order chi connectivity index (χ1) is 28.7. The van der Waals surface area contributed by atoms with Crippen molar-refractivity contribution in [3.8, 4) is 11.1 Å². The molecule has 2 aliphatic rings. The number of thioether (sulfide) groups is 1. The SMILES string of the molecule is O=[N+]([O-])c1cc(S(=O)(=O)Nc2ncnc3cc(N4CCN(Cc5ccccc5-c5ccc(Cl)cc5)CC4)ccc23)ccc1N[C@H](CCN1CCC1)CSc1ccccc1. The second kappa shape index (κ2) is 18.3. The molecule has 59 heavy (non-hydrogen) atoms. The lowest BCUT2D eigenvalue weighted by molar-refractivity contribution is -0.384.